The van der Waals surface area contributed by atoms with E-state index in [1.54, 1.807) is 18.2 Å². The van der Waals surface area contributed by atoms with Gasteiger partial charge < -0.3 is 9.47 Å². The van der Waals surface area contributed by atoms with Crippen molar-refractivity contribution >= 4 is 6.08 Å². The van der Waals surface area contributed by atoms with Crippen LogP contribution < -0.4 is 9.47 Å². The van der Waals surface area contributed by atoms with Crippen molar-refractivity contribution in [2.24, 2.45) is 0 Å². The van der Waals surface area contributed by atoms with Gasteiger partial charge in [0.1, 0.15) is 23.1 Å². The monoisotopic (exact) mass is 214 g/mol. The zero-order valence-electron chi connectivity index (χ0n) is 9.02. The van der Waals surface area contributed by atoms with Crippen molar-refractivity contribution in [1.29, 1.82) is 10.5 Å². The van der Waals surface area contributed by atoms with E-state index in [4.69, 9.17) is 20.0 Å². The van der Waals surface area contributed by atoms with Crippen LogP contribution in [0.4, 0.5) is 0 Å². The Morgan fingerprint density at radius 3 is 2.44 bits per heavy atom. The molecule has 0 aliphatic carbocycles. The van der Waals surface area contributed by atoms with Gasteiger partial charge in [-0.15, -0.1) is 0 Å². The minimum atomic E-state index is 0.384. The van der Waals surface area contributed by atoms with Crippen LogP contribution in [-0.2, 0) is 0 Å². The number of benzene rings is 1. The molecule has 4 nitrogen and oxygen atoms in total. The summed E-state index contributed by atoms with van der Waals surface area (Å²) in [5.41, 5.74) is 0.982. The van der Waals surface area contributed by atoms with Gasteiger partial charge in [-0.25, -0.2) is 0 Å². The molecule has 1 aromatic carbocycles. The molecule has 0 spiro atoms. The summed E-state index contributed by atoms with van der Waals surface area (Å²) >= 11 is 0. The van der Waals surface area contributed by atoms with Gasteiger partial charge in [0.05, 0.1) is 20.3 Å². The van der Waals surface area contributed by atoms with Gasteiger partial charge in [-0.2, -0.15) is 10.5 Å². The molecule has 1 rings (SSSR count). The van der Waals surface area contributed by atoms with E-state index < -0.39 is 0 Å². The van der Waals surface area contributed by atoms with E-state index in [-0.39, 0.29) is 0 Å². The van der Waals surface area contributed by atoms with Crippen LogP contribution in [0.5, 0.6) is 11.5 Å². The number of hydrogen-bond donors (Lipinski definition) is 0. The van der Waals surface area contributed by atoms with Crippen LogP contribution in [0.2, 0.25) is 0 Å². The van der Waals surface area contributed by atoms with Gasteiger partial charge in [-0.05, 0) is 12.1 Å². The molecule has 0 atom stereocenters. The fraction of sp³-hybridized carbons (Fsp3) is 0.167. The minimum Gasteiger partial charge on any atom is -0.497 e. The van der Waals surface area contributed by atoms with Crippen molar-refractivity contribution in [3.8, 4) is 23.6 Å². The van der Waals surface area contributed by atoms with Crippen molar-refractivity contribution in [2.45, 2.75) is 0 Å². The number of methoxy groups -OCH3 is 2. The van der Waals surface area contributed by atoms with E-state index in [9.17, 15) is 0 Å². The van der Waals surface area contributed by atoms with E-state index >= 15 is 0 Å². The summed E-state index contributed by atoms with van der Waals surface area (Å²) in [6.07, 6.45) is 2.85. The second kappa shape index (κ2) is 5.43. The second-order valence-electron chi connectivity index (χ2n) is 2.87. The van der Waals surface area contributed by atoms with E-state index in [0.717, 1.165) is 0 Å². The highest BCUT2D eigenvalue weighted by Gasteiger charge is 2.09. The maximum absolute atomic E-state index is 9.01. The van der Waals surface area contributed by atoms with Crippen LogP contribution >= 0.6 is 0 Å². The minimum absolute atomic E-state index is 0.384. The summed E-state index contributed by atoms with van der Waals surface area (Å²) in [7, 11) is 3.01. The number of nitrogens with zero attached hydrogens (tertiary/aromatic N) is 2. The molecule has 4 heteroatoms. The Balaban J connectivity index is 3.39. The van der Waals surface area contributed by atoms with E-state index in [2.05, 4.69) is 0 Å². The molecule has 0 saturated carbocycles. The quantitative estimate of drug-likeness (QED) is 0.723. The second-order valence-corrected chi connectivity index (χ2v) is 2.87. The van der Waals surface area contributed by atoms with E-state index in [0.29, 0.717) is 22.6 Å². The van der Waals surface area contributed by atoms with E-state index in [1.807, 2.05) is 12.1 Å². The van der Waals surface area contributed by atoms with E-state index in [1.165, 1.54) is 20.3 Å². The standard InChI is InChI=1S/C12H10N2O2/c1-15-10-6-9(4-3-5-13)11(8-14)12(7-10)16-2/h3-4,6-7H,1-2H3. The molecule has 0 saturated heterocycles. The fourth-order valence-corrected chi connectivity index (χ4v) is 1.27. The Labute approximate surface area is 93.9 Å². The fourth-order valence-electron chi connectivity index (χ4n) is 1.27. The van der Waals surface area contributed by atoms with Gasteiger partial charge in [-0.3, -0.25) is 0 Å². The van der Waals surface area contributed by atoms with Crippen molar-refractivity contribution in [3.05, 3.63) is 29.3 Å². The smallest absolute Gasteiger partial charge is 0.140 e. The third-order valence-corrected chi connectivity index (χ3v) is 2.01. The summed E-state index contributed by atoms with van der Waals surface area (Å²) in [6, 6.07) is 7.21. The summed E-state index contributed by atoms with van der Waals surface area (Å²) in [5.74, 6) is 1.01. The third kappa shape index (κ3) is 2.31. The van der Waals surface area contributed by atoms with Crippen molar-refractivity contribution in [2.75, 3.05) is 14.2 Å². The van der Waals surface area contributed by atoms with Gasteiger partial charge in [-0.1, -0.05) is 0 Å². The highest BCUT2D eigenvalue weighted by atomic mass is 16.5. The Morgan fingerprint density at radius 1 is 1.19 bits per heavy atom. The lowest BCUT2D eigenvalue weighted by molar-refractivity contribution is 0.393. The highest BCUT2D eigenvalue weighted by Crippen LogP contribution is 2.28. The van der Waals surface area contributed by atoms with Crippen LogP contribution in [0.15, 0.2) is 18.2 Å². The molecule has 1 aromatic rings. The maximum atomic E-state index is 9.01. The van der Waals surface area contributed by atoms with Gasteiger partial charge in [0.2, 0.25) is 0 Å². The van der Waals surface area contributed by atoms with Crippen molar-refractivity contribution < 1.29 is 9.47 Å². The molecule has 0 heterocycles. The average Bonchev–Trinajstić information content (AvgIpc) is 2.34. The summed E-state index contributed by atoms with van der Waals surface area (Å²) in [4.78, 5) is 0. The predicted octanol–water partition coefficient (Wildman–Crippen LogP) is 2.11. The number of ether oxygens (including phenoxy) is 2. The molecule has 0 radical (unpaired) electrons. The molecule has 0 fully saturated rings. The highest BCUT2D eigenvalue weighted by molar-refractivity contribution is 5.66. The molecule has 0 unspecified atom stereocenters. The normalized spacial score (nSPS) is 9.50. The number of hydrogen-bond acceptors (Lipinski definition) is 4. The SMILES string of the molecule is COc1cc(C=CC#N)c(C#N)c(OC)c1. The Hall–Kier alpha value is -2.46. The van der Waals surface area contributed by atoms with Crippen molar-refractivity contribution in [3.63, 3.8) is 0 Å². The van der Waals surface area contributed by atoms with Crippen LogP contribution in [-0.4, -0.2) is 14.2 Å². The molecular formula is C12H10N2O2. The van der Waals surface area contributed by atoms with Crippen LogP contribution in [0, 0.1) is 22.7 Å². The first-order chi connectivity index (χ1) is 7.76. The molecular weight excluding hydrogens is 204 g/mol. The zero-order chi connectivity index (χ0) is 12.0. The summed E-state index contributed by atoms with van der Waals surface area (Å²) < 4.78 is 10.2. The molecule has 0 bridgehead atoms. The number of rotatable bonds is 3. The first-order valence-corrected chi connectivity index (χ1v) is 4.49. The molecule has 0 N–H and O–H groups in total. The van der Waals surface area contributed by atoms with Gasteiger partial charge >= 0.3 is 0 Å². The molecule has 0 aliphatic heterocycles. The van der Waals surface area contributed by atoms with Crippen LogP contribution in [0.1, 0.15) is 11.1 Å². The molecule has 80 valence electrons. The molecule has 16 heavy (non-hydrogen) atoms. The molecule has 0 amide bonds. The lowest BCUT2D eigenvalue weighted by Crippen LogP contribution is -1.93. The Kier molecular flexibility index (Phi) is 3.94. The van der Waals surface area contributed by atoms with Crippen LogP contribution in [0.25, 0.3) is 6.08 Å². The zero-order valence-corrected chi connectivity index (χ0v) is 9.02. The topological polar surface area (TPSA) is 66.0 Å². The largest absolute Gasteiger partial charge is 0.497 e. The van der Waals surface area contributed by atoms with Gasteiger partial charge in [0, 0.05) is 17.7 Å². The molecule has 0 aromatic heterocycles. The average molecular weight is 214 g/mol. The maximum Gasteiger partial charge on any atom is 0.140 e. The lowest BCUT2D eigenvalue weighted by Gasteiger charge is -2.08. The van der Waals surface area contributed by atoms with Gasteiger partial charge in [0.25, 0.3) is 0 Å². The number of nitriles is 2. The summed E-state index contributed by atoms with van der Waals surface area (Å²) in [6.45, 7) is 0. The third-order valence-electron chi connectivity index (χ3n) is 2.01. The first-order valence-electron chi connectivity index (χ1n) is 4.49. The first kappa shape index (κ1) is 11.6. The Bertz CT molecular complexity index is 493. The van der Waals surface area contributed by atoms with Crippen LogP contribution in [0.3, 0.4) is 0 Å². The number of allylic oxidation sites excluding steroid dienone is 1. The molecule has 0 aliphatic rings. The predicted molar refractivity (Wildman–Crippen MR) is 58.9 cm³/mol. The van der Waals surface area contributed by atoms with Gasteiger partial charge in [0.15, 0.2) is 0 Å². The van der Waals surface area contributed by atoms with Crippen molar-refractivity contribution in [1.82, 2.24) is 0 Å². The Morgan fingerprint density at radius 2 is 1.94 bits per heavy atom. The lowest BCUT2D eigenvalue weighted by atomic mass is 10.1. The summed E-state index contributed by atoms with van der Waals surface area (Å²) in [5, 5.41) is 17.5.